The molecule has 2 heterocycles. The van der Waals surface area contributed by atoms with Crippen molar-refractivity contribution in [1.29, 1.82) is 0 Å². The van der Waals surface area contributed by atoms with E-state index in [1.54, 1.807) is 7.11 Å². The molecule has 4 nitrogen and oxygen atoms in total. The van der Waals surface area contributed by atoms with Gasteiger partial charge in [-0.3, -0.25) is 4.79 Å². The van der Waals surface area contributed by atoms with Crippen LogP contribution in [0.4, 0.5) is 0 Å². The number of para-hydroxylation sites is 1. The number of piperazine rings is 1. The smallest absolute Gasteiger partial charge is 0.257 e. The van der Waals surface area contributed by atoms with Crippen LogP contribution in [0.15, 0.2) is 24.3 Å². The van der Waals surface area contributed by atoms with E-state index in [4.69, 9.17) is 4.74 Å². The molecule has 3 rings (SSSR count). The van der Waals surface area contributed by atoms with E-state index in [1.807, 2.05) is 29.2 Å². The molecular formula is C14H18N2O2. The van der Waals surface area contributed by atoms with Crippen LogP contribution in [-0.2, 0) is 0 Å². The minimum absolute atomic E-state index is 0.0887. The molecule has 1 aromatic rings. The second kappa shape index (κ2) is 4.61. The largest absolute Gasteiger partial charge is 0.496 e. The Bertz CT molecular complexity index is 449. The summed E-state index contributed by atoms with van der Waals surface area (Å²) in [4.78, 5) is 14.5. The fourth-order valence-corrected chi connectivity index (χ4v) is 2.95. The molecule has 2 aliphatic heterocycles. The molecule has 0 aromatic heterocycles. The number of nitrogens with zero attached hydrogens (tertiary/aromatic N) is 1. The van der Waals surface area contributed by atoms with Gasteiger partial charge < -0.3 is 15.0 Å². The summed E-state index contributed by atoms with van der Waals surface area (Å²) in [6, 6.07) is 8.39. The summed E-state index contributed by atoms with van der Waals surface area (Å²) < 4.78 is 5.26. The van der Waals surface area contributed by atoms with E-state index in [0.29, 0.717) is 23.4 Å². The van der Waals surface area contributed by atoms with Crippen molar-refractivity contribution in [2.45, 2.75) is 24.9 Å². The first-order valence-corrected chi connectivity index (χ1v) is 6.46. The molecule has 0 saturated carbocycles. The van der Waals surface area contributed by atoms with Crippen molar-refractivity contribution in [2.75, 3.05) is 20.2 Å². The summed E-state index contributed by atoms with van der Waals surface area (Å²) >= 11 is 0. The highest BCUT2D eigenvalue weighted by atomic mass is 16.5. The van der Waals surface area contributed by atoms with Crippen molar-refractivity contribution in [3.63, 3.8) is 0 Å². The Balaban J connectivity index is 1.82. The van der Waals surface area contributed by atoms with Crippen LogP contribution in [0.3, 0.4) is 0 Å². The molecule has 18 heavy (non-hydrogen) atoms. The Morgan fingerprint density at radius 2 is 1.94 bits per heavy atom. The van der Waals surface area contributed by atoms with Crippen LogP contribution in [0.2, 0.25) is 0 Å². The zero-order chi connectivity index (χ0) is 12.5. The Morgan fingerprint density at radius 3 is 2.61 bits per heavy atom. The average molecular weight is 246 g/mol. The van der Waals surface area contributed by atoms with Crippen molar-refractivity contribution in [3.05, 3.63) is 29.8 Å². The second-order valence-corrected chi connectivity index (χ2v) is 5.05. The lowest BCUT2D eigenvalue weighted by molar-refractivity contribution is 0.0694. The molecule has 2 aliphatic rings. The number of benzene rings is 1. The van der Waals surface area contributed by atoms with Crippen LogP contribution in [0.5, 0.6) is 5.75 Å². The lowest BCUT2D eigenvalue weighted by atomic mass is 10.1. The topological polar surface area (TPSA) is 41.6 Å². The van der Waals surface area contributed by atoms with Gasteiger partial charge in [0.25, 0.3) is 5.91 Å². The van der Waals surface area contributed by atoms with Crippen molar-refractivity contribution < 1.29 is 9.53 Å². The molecule has 1 N–H and O–H groups in total. The summed E-state index contributed by atoms with van der Waals surface area (Å²) in [5.41, 5.74) is 0.668. The number of carbonyl (C=O) groups excluding carboxylic acids is 1. The average Bonchev–Trinajstić information content (AvgIpc) is 2.76. The van der Waals surface area contributed by atoms with Gasteiger partial charge in [-0.2, -0.15) is 0 Å². The van der Waals surface area contributed by atoms with Gasteiger partial charge >= 0.3 is 0 Å². The molecule has 2 saturated heterocycles. The standard InChI is InChI=1S/C14H18N2O2/c1-18-13-5-3-2-4-12(13)14(17)16-8-10-6-7-11(9-16)15-10/h2-5,10-11,15H,6-9H2,1H3. The molecular weight excluding hydrogens is 228 g/mol. The Hall–Kier alpha value is -1.55. The first-order valence-electron chi connectivity index (χ1n) is 6.46. The first-order chi connectivity index (χ1) is 8.78. The lowest BCUT2D eigenvalue weighted by Crippen LogP contribution is -2.53. The lowest BCUT2D eigenvalue weighted by Gasteiger charge is -2.33. The zero-order valence-electron chi connectivity index (χ0n) is 10.6. The fourth-order valence-electron chi connectivity index (χ4n) is 2.95. The van der Waals surface area contributed by atoms with Gasteiger partial charge in [0.1, 0.15) is 5.75 Å². The molecule has 4 heteroatoms. The van der Waals surface area contributed by atoms with E-state index in [1.165, 1.54) is 12.8 Å². The quantitative estimate of drug-likeness (QED) is 0.854. The highest BCUT2D eigenvalue weighted by Crippen LogP contribution is 2.24. The molecule has 2 fully saturated rings. The summed E-state index contributed by atoms with van der Waals surface area (Å²) in [5, 5.41) is 3.53. The highest BCUT2D eigenvalue weighted by Gasteiger charge is 2.35. The number of likely N-dealkylation sites (tertiary alicyclic amines) is 1. The van der Waals surface area contributed by atoms with E-state index in [-0.39, 0.29) is 5.91 Å². The maximum Gasteiger partial charge on any atom is 0.257 e. The third-order valence-electron chi connectivity index (χ3n) is 3.84. The molecule has 0 radical (unpaired) electrons. The van der Waals surface area contributed by atoms with Gasteiger partial charge in [0, 0.05) is 25.2 Å². The summed E-state index contributed by atoms with van der Waals surface area (Å²) in [7, 11) is 1.60. The normalized spacial score (nSPS) is 26.2. The van der Waals surface area contributed by atoms with E-state index in [2.05, 4.69) is 5.32 Å². The maximum absolute atomic E-state index is 12.5. The Kier molecular flexibility index (Phi) is 2.96. The van der Waals surface area contributed by atoms with Gasteiger partial charge in [0.2, 0.25) is 0 Å². The summed E-state index contributed by atoms with van der Waals surface area (Å²) in [6.07, 6.45) is 2.36. The van der Waals surface area contributed by atoms with Crippen LogP contribution in [0.25, 0.3) is 0 Å². The second-order valence-electron chi connectivity index (χ2n) is 5.05. The number of carbonyl (C=O) groups is 1. The van der Waals surface area contributed by atoms with E-state index < -0.39 is 0 Å². The summed E-state index contributed by atoms with van der Waals surface area (Å²) in [5.74, 6) is 0.749. The molecule has 2 bridgehead atoms. The molecule has 0 spiro atoms. The van der Waals surface area contributed by atoms with Gasteiger partial charge in [-0.05, 0) is 25.0 Å². The number of methoxy groups -OCH3 is 1. The summed E-state index contributed by atoms with van der Waals surface area (Å²) in [6.45, 7) is 1.63. The number of rotatable bonds is 2. The predicted molar refractivity (Wildman–Crippen MR) is 68.8 cm³/mol. The number of nitrogens with one attached hydrogen (secondary N) is 1. The number of ether oxygens (including phenoxy) is 1. The third kappa shape index (κ3) is 1.97. The number of hydrogen-bond donors (Lipinski definition) is 1. The Labute approximate surface area is 107 Å². The van der Waals surface area contributed by atoms with E-state index >= 15 is 0 Å². The fraction of sp³-hybridized carbons (Fsp3) is 0.500. The molecule has 0 aliphatic carbocycles. The number of hydrogen-bond acceptors (Lipinski definition) is 3. The first kappa shape index (κ1) is 11.5. The SMILES string of the molecule is COc1ccccc1C(=O)N1CC2CCC(C1)N2. The van der Waals surface area contributed by atoms with E-state index in [9.17, 15) is 4.79 Å². The third-order valence-corrected chi connectivity index (χ3v) is 3.84. The molecule has 96 valence electrons. The van der Waals surface area contributed by atoms with Crippen LogP contribution >= 0.6 is 0 Å². The highest BCUT2D eigenvalue weighted by molar-refractivity contribution is 5.97. The molecule has 1 amide bonds. The molecule has 2 unspecified atom stereocenters. The molecule has 1 aromatic carbocycles. The monoisotopic (exact) mass is 246 g/mol. The van der Waals surface area contributed by atoms with Crippen molar-refractivity contribution >= 4 is 5.91 Å². The van der Waals surface area contributed by atoms with Crippen molar-refractivity contribution in [3.8, 4) is 5.75 Å². The minimum Gasteiger partial charge on any atom is -0.496 e. The Morgan fingerprint density at radius 1 is 1.28 bits per heavy atom. The number of amides is 1. The van der Waals surface area contributed by atoms with Gasteiger partial charge in [-0.15, -0.1) is 0 Å². The van der Waals surface area contributed by atoms with Crippen molar-refractivity contribution in [1.82, 2.24) is 10.2 Å². The zero-order valence-corrected chi connectivity index (χ0v) is 10.6. The number of fused-ring (bicyclic) bond motifs is 2. The minimum atomic E-state index is 0.0887. The van der Waals surface area contributed by atoms with Crippen LogP contribution in [-0.4, -0.2) is 43.1 Å². The van der Waals surface area contributed by atoms with Crippen molar-refractivity contribution in [2.24, 2.45) is 0 Å². The predicted octanol–water partition coefficient (Wildman–Crippen LogP) is 1.27. The van der Waals surface area contributed by atoms with Gasteiger partial charge in [0.15, 0.2) is 0 Å². The van der Waals surface area contributed by atoms with Gasteiger partial charge in [-0.1, -0.05) is 12.1 Å². The maximum atomic E-state index is 12.5. The van der Waals surface area contributed by atoms with Crippen LogP contribution < -0.4 is 10.1 Å². The van der Waals surface area contributed by atoms with Gasteiger partial charge in [0.05, 0.1) is 12.7 Å². The van der Waals surface area contributed by atoms with Gasteiger partial charge in [-0.25, -0.2) is 0 Å². The molecule has 2 atom stereocenters. The van der Waals surface area contributed by atoms with Crippen LogP contribution in [0.1, 0.15) is 23.2 Å². The van der Waals surface area contributed by atoms with Crippen LogP contribution in [0, 0.1) is 0 Å². The van der Waals surface area contributed by atoms with E-state index in [0.717, 1.165) is 13.1 Å².